The van der Waals surface area contributed by atoms with Crippen LogP contribution in [0.15, 0.2) is 24.5 Å². The number of carbonyl (C=O) groups excluding carboxylic acids is 1. The Bertz CT molecular complexity index is 806. The second-order valence-corrected chi connectivity index (χ2v) is 6.81. The molecule has 1 aromatic heterocycles. The molecule has 1 unspecified atom stereocenters. The Morgan fingerprint density at radius 2 is 2.28 bits per heavy atom. The molecule has 2 heterocycles. The largest absolute Gasteiger partial charge is 0.394 e. The van der Waals surface area contributed by atoms with Gasteiger partial charge in [0, 0.05) is 18.0 Å². The van der Waals surface area contributed by atoms with E-state index in [1.807, 2.05) is 30.1 Å². The minimum atomic E-state index is -0.311. The van der Waals surface area contributed by atoms with Crippen molar-refractivity contribution in [2.45, 2.75) is 30.9 Å². The molecule has 1 saturated heterocycles. The smallest absolute Gasteiger partial charge is 0.254 e. The number of carbonyl (C=O) groups is 1. The summed E-state index contributed by atoms with van der Waals surface area (Å²) >= 11 is 0. The predicted molar refractivity (Wildman–Crippen MR) is 93.5 cm³/mol. The zero-order valence-corrected chi connectivity index (χ0v) is 14.2. The number of morpholine rings is 1. The van der Waals surface area contributed by atoms with Gasteiger partial charge in [0.1, 0.15) is 12.1 Å². The van der Waals surface area contributed by atoms with E-state index < -0.39 is 0 Å². The molecular formula is C18H22N4O3. The number of aromatic nitrogens is 2. The maximum absolute atomic E-state index is 13.2. The van der Waals surface area contributed by atoms with Gasteiger partial charge in [-0.25, -0.2) is 9.97 Å². The molecule has 7 nitrogen and oxygen atoms in total. The minimum absolute atomic E-state index is 0.0204. The van der Waals surface area contributed by atoms with Crippen LogP contribution in [0.4, 0.5) is 5.82 Å². The van der Waals surface area contributed by atoms with Crippen molar-refractivity contribution in [3.8, 4) is 0 Å². The molecule has 25 heavy (non-hydrogen) atoms. The van der Waals surface area contributed by atoms with Gasteiger partial charge in [-0.1, -0.05) is 0 Å². The van der Waals surface area contributed by atoms with E-state index in [4.69, 9.17) is 4.74 Å². The third kappa shape index (κ3) is 2.63. The van der Waals surface area contributed by atoms with Crippen LogP contribution in [-0.2, 0) is 4.74 Å². The van der Waals surface area contributed by atoms with Gasteiger partial charge < -0.3 is 20.1 Å². The number of ether oxygens (including phenoxy) is 1. The Morgan fingerprint density at radius 1 is 1.44 bits per heavy atom. The first-order valence-electron chi connectivity index (χ1n) is 8.64. The first kappa shape index (κ1) is 16.2. The number of amides is 1. The second-order valence-electron chi connectivity index (χ2n) is 6.81. The van der Waals surface area contributed by atoms with Crippen LogP contribution >= 0.6 is 0 Å². The zero-order valence-electron chi connectivity index (χ0n) is 14.2. The average molecular weight is 342 g/mol. The normalized spacial score (nSPS) is 22.0. The summed E-state index contributed by atoms with van der Waals surface area (Å²) in [5.41, 5.74) is 1.14. The summed E-state index contributed by atoms with van der Waals surface area (Å²) in [4.78, 5) is 23.6. The van der Waals surface area contributed by atoms with Crippen LogP contribution < -0.4 is 5.32 Å². The van der Waals surface area contributed by atoms with Crippen molar-refractivity contribution < 1.29 is 14.6 Å². The van der Waals surface area contributed by atoms with Crippen LogP contribution in [0.2, 0.25) is 0 Å². The number of rotatable bonds is 3. The Balaban J connectivity index is 1.68. The number of aliphatic hydroxyl groups excluding tert-OH is 1. The zero-order chi connectivity index (χ0) is 17.4. The van der Waals surface area contributed by atoms with Crippen molar-refractivity contribution in [1.29, 1.82) is 0 Å². The van der Waals surface area contributed by atoms with Gasteiger partial charge in [-0.15, -0.1) is 0 Å². The molecule has 7 heteroatoms. The highest BCUT2D eigenvalue weighted by Gasteiger charge is 2.49. The van der Waals surface area contributed by atoms with Gasteiger partial charge in [0.25, 0.3) is 5.91 Å². The molecule has 2 fully saturated rings. The molecule has 1 aromatic carbocycles. The number of hydrogen-bond acceptors (Lipinski definition) is 6. The first-order chi connectivity index (χ1) is 12.2. The third-order valence-electron chi connectivity index (χ3n) is 5.40. The Kier molecular flexibility index (Phi) is 4.05. The van der Waals surface area contributed by atoms with Gasteiger partial charge in [0.15, 0.2) is 0 Å². The molecule has 2 aromatic rings. The highest BCUT2D eigenvalue weighted by atomic mass is 16.5. The summed E-state index contributed by atoms with van der Waals surface area (Å²) in [5.74, 6) is 0.721. The monoisotopic (exact) mass is 342 g/mol. The van der Waals surface area contributed by atoms with Crippen molar-refractivity contribution in [1.82, 2.24) is 14.9 Å². The average Bonchev–Trinajstić information content (AvgIpc) is 2.64. The number of benzene rings is 1. The number of nitrogens with zero attached hydrogens (tertiary/aromatic N) is 3. The fourth-order valence-electron chi connectivity index (χ4n) is 3.75. The minimum Gasteiger partial charge on any atom is -0.394 e. The summed E-state index contributed by atoms with van der Waals surface area (Å²) in [7, 11) is 1.81. The summed E-state index contributed by atoms with van der Waals surface area (Å²) < 4.78 is 5.73. The predicted octanol–water partition coefficient (Wildman–Crippen LogP) is 1.43. The van der Waals surface area contributed by atoms with Gasteiger partial charge in [-0.2, -0.15) is 0 Å². The van der Waals surface area contributed by atoms with E-state index in [0.717, 1.165) is 36.0 Å². The van der Waals surface area contributed by atoms with E-state index in [-0.39, 0.29) is 24.2 Å². The molecule has 2 N–H and O–H groups in total. The standard InChI is InChI=1S/C18H22N4O3/c1-19-16-14-4-3-12(7-15(14)20-11-21-16)17(24)22-8-13(9-23)25-10-18(22)5-2-6-18/h3-4,7,11,13,23H,2,5-6,8-10H2,1H3,(H,19,20,21). The summed E-state index contributed by atoms with van der Waals surface area (Å²) in [5, 5.41) is 13.4. The van der Waals surface area contributed by atoms with Gasteiger partial charge in [0.05, 0.1) is 36.9 Å². The van der Waals surface area contributed by atoms with Crippen molar-refractivity contribution >= 4 is 22.6 Å². The molecular weight excluding hydrogens is 320 g/mol. The Labute approximate surface area is 146 Å². The maximum Gasteiger partial charge on any atom is 0.254 e. The van der Waals surface area contributed by atoms with E-state index in [0.29, 0.717) is 18.7 Å². The Morgan fingerprint density at radius 3 is 2.96 bits per heavy atom. The second kappa shape index (κ2) is 6.24. The molecule has 0 bridgehead atoms. The van der Waals surface area contributed by atoms with Gasteiger partial charge >= 0.3 is 0 Å². The first-order valence-corrected chi connectivity index (χ1v) is 8.64. The van der Waals surface area contributed by atoms with Crippen molar-refractivity contribution in [3.63, 3.8) is 0 Å². The van der Waals surface area contributed by atoms with Crippen LogP contribution in [-0.4, -0.2) is 64.3 Å². The Hall–Kier alpha value is -2.25. The third-order valence-corrected chi connectivity index (χ3v) is 5.40. The molecule has 1 amide bonds. The highest BCUT2D eigenvalue weighted by Crippen LogP contribution is 2.41. The van der Waals surface area contributed by atoms with Crippen molar-refractivity contribution in [3.05, 3.63) is 30.1 Å². The van der Waals surface area contributed by atoms with Crippen LogP contribution in [0.1, 0.15) is 29.6 Å². The van der Waals surface area contributed by atoms with E-state index >= 15 is 0 Å². The number of hydrogen-bond donors (Lipinski definition) is 2. The molecule has 1 aliphatic heterocycles. The molecule has 2 aliphatic rings. The lowest BCUT2D eigenvalue weighted by Gasteiger charge is -2.54. The molecule has 1 aliphatic carbocycles. The fourth-order valence-corrected chi connectivity index (χ4v) is 3.75. The van der Waals surface area contributed by atoms with Crippen LogP contribution in [0.25, 0.3) is 10.9 Å². The van der Waals surface area contributed by atoms with E-state index in [1.54, 1.807) is 0 Å². The molecule has 0 radical (unpaired) electrons. The van der Waals surface area contributed by atoms with Crippen molar-refractivity contribution in [2.75, 3.05) is 32.1 Å². The van der Waals surface area contributed by atoms with Crippen molar-refractivity contribution in [2.24, 2.45) is 0 Å². The maximum atomic E-state index is 13.2. The lowest BCUT2D eigenvalue weighted by molar-refractivity contribution is -0.135. The lowest BCUT2D eigenvalue weighted by Crippen LogP contribution is -2.65. The topological polar surface area (TPSA) is 87.6 Å². The fraction of sp³-hybridized carbons (Fsp3) is 0.500. The number of anilines is 1. The summed E-state index contributed by atoms with van der Waals surface area (Å²) in [6.45, 7) is 0.860. The molecule has 132 valence electrons. The molecule has 1 saturated carbocycles. The number of nitrogens with one attached hydrogen (secondary N) is 1. The van der Waals surface area contributed by atoms with Crippen LogP contribution in [0.3, 0.4) is 0 Å². The number of fused-ring (bicyclic) bond motifs is 1. The van der Waals surface area contributed by atoms with Crippen LogP contribution in [0.5, 0.6) is 0 Å². The van der Waals surface area contributed by atoms with E-state index in [2.05, 4.69) is 15.3 Å². The van der Waals surface area contributed by atoms with Gasteiger partial charge in [-0.05, 0) is 37.5 Å². The number of aliphatic hydroxyl groups is 1. The summed E-state index contributed by atoms with van der Waals surface area (Å²) in [6.07, 6.45) is 4.20. The SMILES string of the molecule is CNc1ncnc2cc(C(=O)N3CC(CO)OCC34CCC4)ccc12. The van der Waals surface area contributed by atoms with Crippen LogP contribution in [0, 0.1) is 0 Å². The molecule has 4 rings (SSSR count). The molecule has 1 spiro atoms. The quantitative estimate of drug-likeness (QED) is 0.877. The van der Waals surface area contributed by atoms with E-state index in [1.165, 1.54) is 6.33 Å². The van der Waals surface area contributed by atoms with Gasteiger partial charge in [-0.3, -0.25) is 4.79 Å². The van der Waals surface area contributed by atoms with Gasteiger partial charge in [0.2, 0.25) is 0 Å². The lowest BCUT2D eigenvalue weighted by atomic mass is 9.74. The van der Waals surface area contributed by atoms with E-state index in [9.17, 15) is 9.90 Å². The molecule has 1 atom stereocenters. The highest BCUT2D eigenvalue weighted by molar-refractivity contribution is 6.00. The summed E-state index contributed by atoms with van der Waals surface area (Å²) in [6, 6.07) is 5.52.